The number of non-ortho nitro benzene ring substituents is 1. The highest BCUT2D eigenvalue weighted by Gasteiger charge is 2.23. The number of para-hydroxylation sites is 3. The number of nitro groups is 1. The van der Waals surface area contributed by atoms with Crippen molar-refractivity contribution in [1.82, 2.24) is 9.55 Å². The summed E-state index contributed by atoms with van der Waals surface area (Å²) >= 11 is 1.40. The molecule has 0 radical (unpaired) electrons. The fraction of sp³-hybridized carbons (Fsp3) is 0.167. The van der Waals surface area contributed by atoms with Gasteiger partial charge in [0.1, 0.15) is 6.61 Å². The summed E-state index contributed by atoms with van der Waals surface area (Å²) in [5, 5.41) is 12.0. The lowest BCUT2D eigenvalue weighted by molar-refractivity contribution is -0.384. The summed E-state index contributed by atoms with van der Waals surface area (Å²) in [6, 6.07) is 21.1. The third kappa shape index (κ3) is 4.40. The van der Waals surface area contributed by atoms with Crippen molar-refractivity contribution in [2.24, 2.45) is 0 Å². The molecule has 5 rings (SSSR count). The number of aromatic nitrogens is 2. The summed E-state index contributed by atoms with van der Waals surface area (Å²) in [4.78, 5) is 28.5. The Morgan fingerprint density at radius 2 is 1.76 bits per heavy atom. The van der Waals surface area contributed by atoms with Crippen LogP contribution in [0.15, 0.2) is 82.7 Å². The molecule has 1 aromatic heterocycles. The van der Waals surface area contributed by atoms with Gasteiger partial charge in [0, 0.05) is 17.9 Å². The Morgan fingerprint density at radius 3 is 2.55 bits per heavy atom. The molecule has 166 valence electrons. The summed E-state index contributed by atoms with van der Waals surface area (Å²) in [7, 11) is 0. The van der Waals surface area contributed by atoms with Crippen molar-refractivity contribution < 1.29 is 14.4 Å². The lowest BCUT2D eigenvalue weighted by Crippen LogP contribution is -2.37. The number of hydrogen-bond acceptors (Lipinski definition) is 7. The molecule has 1 aliphatic heterocycles. The van der Waals surface area contributed by atoms with Gasteiger partial charge in [0.15, 0.2) is 22.8 Å². The molecular formula is C24H19N3O5S. The number of rotatable bonds is 6. The molecule has 1 aliphatic rings. The summed E-state index contributed by atoms with van der Waals surface area (Å²) in [6.07, 6.45) is -0.348. The third-order valence-electron chi connectivity index (χ3n) is 5.30. The molecule has 33 heavy (non-hydrogen) atoms. The van der Waals surface area contributed by atoms with Crippen LogP contribution in [0.25, 0.3) is 10.9 Å². The second kappa shape index (κ2) is 8.95. The minimum absolute atomic E-state index is 0.0409. The molecule has 3 aromatic carbocycles. The number of thioether (sulfide) groups is 1. The van der Waals surface area contributed by atoms with Crippen molar-refractivity contribution in [2.75, 3.05) is 6.61 Å². The van der Waals surface area contributed by atoms with E-state index in [4.69, 9.17) is 14.5 Å². The van der Waals surface area contributed by atoms with Crippen LogP contribution in [0.3, 0.4) is 0 Å². The molecule has 0 fully saturated rings. The van der Waals surface area contributed by atoms with Gasteiger partial charge in [-0.05, 0) is 29.8 Å². The largest absolute Gasteiger partial charge is 0.486 e. The Morgan fingerprint density at radius 1 is 1.03 bits per heavy atom. The second-order valence-electron chi connectivity index (χ2n) is 7.54. The number of ether oxygens (including phenoxy) is 2. The SMILES string of the molecule is O=c1c2ccccc2nc(SCc2ccc([N+](=O)[O-])cc2)n1CC1COc2ccccc2O1. The first kappa shape index (κ1) is 21.0. The van der Waals surface area contributed by atoms with E-state index in [-0.39, 0.29) is 23.9 Å². The highest BCUT2D eigenvalue weighted by atomic mass is 32.2. The molecule has 9 heteroatoms. The van der Waals surface area contributed by atoms with Crippen molar-refractivity contribution in [2.45, 2.75) is 23.6 Å². The van der Waals surface area contributed by atoms with Gasteiger partial charge in [-0.3, -0.25) is 19.5 Å². The van der Waals surface area contributed by atoms with Gasteiger partial charge in [0.05, 0.1) is 22.4 Å². The van der Waals surface area contributed by atoms with E-state index in [0.717, 1.165) is 5.56 Å². The predicted molar refractivity (Wildman–Crippen MR) is 125 cm³/mol. The van der Waals surface area contributed by atoms with Crippen LogP contribution >= 0.6 is 11.8 Å². The zero-order chi connectivity index (χ0) is 22.8. The second-order valence-corrected chi connectivity index (χ2v) is 8.48. The topological polar surface area (TPSA) is 96.5 Å². The maximum Gasteiger partial charge on any atom is 0.269 e. The van der Waals surface area contributed by atoms with Crippen molar-refractivity contribution in [1.29, 1.82) is 0 Å². The number of nitrogens with zero attached hydrogens (tertiary/aromatic N) is 3. The minimum Gasteiger partial charge on any atom is -0.486 e. The first-order valence-corrected chi connectivity index (χ1v) is 11.3. The fourth-order valence-electron chi connectivity index (χ4n) is 3.64. The molecule has 1 unspecified atom stereocenters. The third-order valence-corrected chi connectivity index (χ3v) is 6.34. The van der Waals surface area contributed by atoms with Gasteiger partial charge in [0.2, 0.25) is 0 Å². The summed E-state index contributed by atoms with van der Waals surface area (Å²) < 4.78 is 13.5. The highest BCUT2D eigenvalue weighted by molar-refractivity contribution is 7.98. The smallest absolute Gasteiger partial charge is 0.269 e. The van der Waals surface area contributed by atoms with E-state index in [2.05, 4.69) is 0 Å². The van der Waals surface area contributed by atoms with E-state index in [1.54, 1.807) is 22.8 Å². The van der Waals surface area contributed by atoms with Crippen LogP contribution in [-0.4, -0.2) is 27.2 Å². The van der Waals surface area contributed by atoms with Crippen LogP contribution in [0.2, 0.25) is 0 Å². The Balaban J connectivity index is 1.44. The zero-order valence-electron chi connectivity index (χ0n) is 17.4. The van der Waals surface area contributed by atoms with E-state index in [1.807, 2.05) is 42.5 Å². The van der Waals surface area contributed by atoms with Crippen LogP contribution < -0.4 is 15.0 Å². The number of nitro benzene ring substituents is 1. The van der Waals surface area contributed by atoms with Gasteiger partial charge in [-0.25, -0.2) is 4.98 Å². The van der Waals surface area contributed by atoms with Gasteiger partial charge >= 0.3 is 0 Å². The monoisotopic (exact) mass is 461 g/mol. The van der Waals surface area contributed by atoms with Gasteiger partial charge < -0.3 is 9.47 Å². The Hall–Kier alpha value is -3.85. The molecule has 2 heterocycles. The van der Waals surface area contributed by atoms with Crippen molar-refractivity contribution in [3.63, 3.8) is 0 Å². The molecule has 4 aromatic rings. The number of hydrogen-bond donors (Lipinski definition) is 0. The van der Waals surface area contributed by atoms with Crippen LogP contribution in [0.1, 0.15) is 5.56 Å². The van der Waals surface area contributed by atoms with Crippen molar-refractivity contribution in [3.05, 3.63) is 98.8 Å². The molecule has 0 N–H and O–H groups in total. The van der Waals surface area contributed by atoms with Gasteiger partial charge in [-0.1, -0.05) is 48.2 Å². The van der Waals surface area contributed by atoms with E-state index in [1.165, 1.54) is 23.9 Å². The first-order chi connectivity index (χ1) is 16.1. The molecule has 0 spiro atoms. The lowest BCUT2D eigenvalue weighted by atomic mass is 10.2. The average molecular weight is 461 g/mol. The normalized spacial score (nSPS) is 14.8. The van der Waals surface area contributed by atoms with Gasteiger partial charge in [-0.15, -0.1) is 0 Å². The van der Waals surface area contributed by atoms with Crippen molar-refractivity contribution in [3.8, 4) is 11.5 Å². The molecule has 0 amide bonds. The summed E-state index contributed by atoms with van der Waals surface area (Å²) in [5.41, 5.74) is 1.41. The lowest BCUT2D eigenvalue weighted by Gasteiger charge is -2.27. The molecule has 0 aliphatic carbocycles. The van der Waals surface area contributed by atoms with Gasteiger partial charge in [0.25, 0.3) is 11.2 Å². The zero-order valence-corrected chi connectivity index (χ0v) is 18.2. The highest BCUT2D eigenvalue weighted by Crippen LogP contribution is 2.32. The summed E-state index contributed by atoms with van der Waals surface area (Å²) in [5.74, 6) is 1.84. The fourth-order valence-corrected chi connectivity index (χ4v) is 4.60. The Labute approximate surface area is 192 Å². The molecule has 8 nitrogen and oxygen atoms in total. The van der Waals surface area contributed by atoms with Crippen LogP contribution in [-0.2, 0) is 12.3 Å². The van der Waals surface area contributed by atoms with E-state index in [9.17, 15) is 14.9 Å². The van der Waals surface area contributed by atoms with E-state index >= 15 is 0 Å². The minimum atomic E-state index is -0.427. The maximum absolute atomic E-state index is 13.3. The molecular weight excluding hydrogens is 442 g/mol. The van der Waals surface area contributed by atoms with Crippen LogP contribution in [0, 0.1) is 10.1 Å². The molecule has 1 atom stereocenters. The predicted octanol–water partition coefficient (Wildman–Crippen LogP) is 4.44. The Kier molecular flexibility index (Phi) is 5.70. The standard InChI is InChI=1S/C24H19N3O5S/c28-23-19-5-1-2-6-20(19)25-24(33-15-16-9-11-17(12-10-16)27(29)30)26(23)13-18-14-31-21-7-3-4-8-22(21)32-18/h1-12,18H,13-15H2. The van der Waals surface area contributed by atoms with Crippen LogP contribution in [0.5, 0.6) is 11.5 Å². The molecule has 0 saturated heterocycles. The van der Waals surface area contributed by atoms with Gasteiger partial charge in [-0.2, -0.15) is 0 Å². The van der Waals surface area contributed by atoms with Crippen LogP contribution in [0.4, 0.5) is 5.69 Å². The number of fused-ring (bicyclic) bond motifs is 2. The van der Waals surface area contributed by atoms with E-state index in [0.29, 0.717) is 39.9 Å². The average Bonchev–Trinajstić information content (AvgIpc) is 2.85. The summed E-state index contributed by atoms with van der Waals surface area (Å²) in [6.45, 7) is 0.607. The quantitative estimate of drug-likeness (QED) is 0.181. The van der Waals surface area contributed by atoms with Crippen molar-refractivity contribution >= 4 is 28.4 Å². The molecule has 0 saturated carbocycles. The number of benzene rings is 3. The molecule has 0 bridgehead atoms. The maximum atomic E-state index is 13.3. The first-order valence-electron chi connectivity index (χ1n) is 10.3. The Bertz CT molecular complexity index is 1390. The van der Waals surface area contributed by atoms with E-state index < -0.39 is 4.92 Å².